The standard InChI is InChI=1S/C9H19N3O3S/c1-12(5-2-9(10)11)16(13,14)8-3-6-15-7-4-8/h8H,2-7H2,1H3,(H3,10,11). The highest BCUT2D eigenvalue weighted by atomic mass is 32.2. The summed E-state index contributed by atoms with van der Waals surface area (Å²) < 4.78 is 30.5. The van der Waals surface area contributed by atoms with E-state index in [4.69, 9.17) is 15.9 Å². The summed E-state index contributed by atoms with van der Waals surface area (Å²) in [7, 11) is -1.72. The molecule has 0 aromatic rings. The molecule has 3 N–H and O–H groups in total. The van der Waals surface area contributed by atoms with Crippen LogP contribution in [0.4, 0.5) is 0 Å². The third-order valence-corrected chi connectivity index (χ3v) is 5.09. The van der Waals surface area contributed by atoms with Crippen molar-refractivity contribution in [1.82, 2.24) is 4.31 Å². The average molecular weight is 249 g/mol. The first kappa shape index (κ1) is 13.4. The maximum Gasteiger partial charge on any atom is 0.216 e. The molecule has 0 amide bonds. The van der Waals surface area contributed by atoms with E-state index in [1.807, 2.05) is 0 Å². The first-order valence-electron chi connectivity index (χ1n) is 5.30. The number of nitrogens with two attached hydrogens (primary N) is 1. The van der Waals surface area contributed by atoms with Gasteiger partial charge in [-0.3, -0.25) is 5.41 Å². The Labute approximate surface area is 96.3 Å². The first-order valence-corrected chi connectivity index (χ1v) is 6.80. The second-order valence-electron chi connectivity index (χ2n) is 3.95. The molecule has 1 rings (SSSR count). The number of rotatable bonds is 5. The van der Waals surface area contributed by atoms with Crippen molar-refractivity contribution in [1.29, 1.82) is 5.41 Å². The summed E-state index contributed by atoms with van der Waals surface area (Å²) in [6, 6.07) is 0. The van der Waals surface area contributed by atoms with Crippen LogP contribution >= 0.6 is 0 Å². The van der Waals surface area contributed by atoms with Crippen molar-refractivity contribution in [2.75, 3.05) is 26.8 Å². The van der Waals surface area contributed by atoms with Gasteiger partial charge in [0, 0.05) is 33.2 Å². The Morgan fingerprint density at radius 2 is 2.06 bits per heavy atom. The second-order valence-corrected chi connectivity index (χ2v) is 6.27. The second kappa shape index (κ2) is 5.60. The van der Waals surface area contributed by atoms with E-state index in [2.05, 4.69) is 0 Å². The Hall–Kier alpha value is -0.660. The van der Waals surface area contributed by atoms with E-state index in [1.54, 1.807) is 0 Å². The Balaban J connectivity index is 2.57. The molecular formula is C9H19N3O3S. The molecule has 1 aliphatic rings. The van der Waals surface area contributed by atoms with E-state index < -0.39 is 10.0 Å². The van der Waals surface area contributed by atoms with Crippen molar-refractivity contribution in [2.24, 2.45) is 5.73 Å². The monoisotopic (exact) mass is 249 g/mol. The van der Waals surface area contributed by atoms with Gasteiger partial charge in [0.1, 0.15) is 0 Å². The lowest BCUT2D eigenvalue weighted by atomic mass is 10.2. The normalized spacial score (nSPS) is 18.9. The molecule has 0 unspecified atom stereocenters. The molecule has 7 heteroatoms. The molecule has 1 fully saturated rings. The highest BCUT2D eigenvalue weighted by Gasteiger charge is 2.30. The zero-order valence-corrected chi connectivity index (χ0v) is 10.3. The predicted molar refractivity (Wildman–Crippen MR) is 61.9 cm³/mol. The van der Waals surface area contributed by atoms with Gasteiger partial charge in [0.15, 0.2) is 0 Å². The van der Waals surface area contributed by atoms with E-state index in [9.17, 15) is 8.42 Å². The first-order chi connectivity index (χ1) is 7.44. The number of sulfonamides is 1. The van der Waals surface area contributed by atoms with Crippen molar-refractivity contribution < 1.29 is 13.2 Å². The largest absolute Gasteiger partial charge is 0.388 e. The van der Waals surface area contributed by atoms with Gasteiger partial charge in [0.05, 0.1) is 11.1 Å². The summed E-state index contributed by atoms with van der Waals surface area (Å²) in [6.07, 6.45) is 1.37. The van der Waals surface area contributed by atoms with Crippen LogP contribution in [-0.4, -0.2) is 50.6 Å². The van der Waals surface area contributed by atoms with Crippen molar-refractivity contribution in [3.8, 4) is 0 Å². The molecule has 1 saturated heterocycles. The van der Waals surface area contributed by atoms with E-state index >= 15 is 0 Å². The summed E-state index contributed by atoms with van der Waals surface area (Å²) in [5.41, 5.74) is 5.20. The molecule has 0 aromatic heterocycles. The molecule has 0 aromatic carbocycles. The molecule has 0 spiro atoms. The fraction of sp³-hybridized carbons (Fsp3) is 0.889. The van der Waals surface area contributed by atoms with E-state index in [0.29, 0.717) is 26.1 Å². The minimum atomic E-state index is -3.26. The van der Waals surface area contributed by atoms with Crippen molar-refractivity contribution in [2.45, 2.75) is 24.5 Å². The van der Waals surface area contributed by atoms with Crippen LogP contribution in [0, 0.1) is 5.41 Å². The van der Waals surface area contributed by atoms with Gasteiger partial charge in [-0.25, -0.2) is 12.7 Å². The molecular weight excluding hydrogens is 230 g/mol. The molecule has 1 aliphatic heterocycles. The lowest BCUT2D eigenvalue weighted by Gasteiger charge is -2.27. The van der Waals surface area contributed by atoms with Gasteiger partial charge >= 0.3 is 0 Å². The SMILES string of the molecule is CN(CCC(=N)N)S(=O)(=O)C1CCOCC1. The molecule has 0 bridgehead atoms. The third-order valence-electron chi connectivity index (χ3n) is 2.72. The van der Waals surface area contributed by atoms with Crippen molar-refractivity contribution in [3.63, 3.8) is 0 Å². The number of hydrogen-bond donors (Lipinski definition) is 2. The van der Waals surface area contributed by atoms with Crippen LogP contribution in [0.2, 0.25) is 0 Å². The molecule has 94 valence electrons. The number of nitrogens with one attached hydrogen (secondary N) is 1. The van der Waals surface area contributed by atoms with Crippen LogP contribution in [0.1, 0.15) is 19.3 Å². The summed E-state index contributed by atoms with van der Waals surface area (Å²) in [5.74, 6) is 0.00836. The Bertz CT molecular complexity index is 336. The third kappa shape index (κ3) is 3.43. The molecule has 1 heterocycles. The average Bonchev–Trinajstić information content (AvgIpc) is 2.27. The summed E-state index contributed by atoms with van der Waals surface area (Å²) in [5, 5.41) is 6.72. The zero-order valence-electron chi connectivity index (χ0n) is 9.48. The summed E-state index contributed by atoms with van der Waals surface area (Å²) >= 11 is 0. The van der Waals surface area contributed by atoms with Crippen molar-refractivity contribution in [3.05, 3.63) is 0 Å². The van der Waals surface area contributed by atoms with Gasteiger partial charge in [-0.1, -0.05) is 0 Å². The number of ether oxygens (including phenoxy) is 1. The van der Waals surface area contributed by atoms with Crippen LogP contribution in [-0.2, 0) is 14.8 Å². The highest BCUT2D eigenvalue weighted by Crippen LogP contribution is 2.18. The maximum absolute atomic E-state index is 12.1. The minimum absolute atomic E-state index is 0.00836. The van der Waals surface area contributed by atoms with Gasteiger partial charge in [-0.05, 0) is 12.8 Å². The van der Waals surface area contributed by atoms with E-state index in [1.165, 1.54) is 11.4 Å². The highest BCUT2D eigenvalue weighted by molar-refractivity contribution is 7.89. The molecule has 0 aliphatic carbocycles. The molecule has 0 radical (unpaired) electrons. The van der Waals surface area contributed by atoms with Gasteiger partial charge in [-0.15, -0.1) is 0 Å². The quantitative estimate of drug-likeness (QED) is 0.519. The lowest BCUT2D eigenvalue weighted by molar-refractivity contribution is 0.0974. The van der Waals surface area contributed by atoms with Gasteiger partial charge in [0.25, 0.3) is 0 Å². The molecule has 16 heavy (non-hydrogen) atoms. The molecule has 6 nitrogen and oxygen atoms in total. The van der Waals surface area contributed by atoms with E-state index in [0.717, 1.165) is 0 Å². The van der Waals surface area contributed by atoms with Gasteiger partial charge in [-0.2, -0.15) is 0 Å². The van der Waals surface area contributed by atoms with Gasteiger partial charge < -0.3 is 10.5 Å². The molecule has 0 atom stereocenters. The Morgan fingerprint density at radius 1 is 1.50 bits per heavy atom. The van der Waals surface area contributed by atoms with Gasteiger partial charge in [0.2, 0.25) is 10.0 Å². The minimum Gasteiger partial charge on any atom is -0.388 e. The summed E-state index contributed by atoms with van der Waals surface area (Å²) in [6.45, 7) is 1.28. The van der Waals surface area contributed by atoms with Crippen LogP contribution in [0.3, 0.4) is 0 Å². The number of hydrogen-bond acceptors (Lipinski definition) is 4. The molecule has 0 saturated carbocycles. The van der Waals surface area contributed by atoms with Crippen LogP contribution in [0.25, 0.3) is 0 Å². The Morgan fingerprint density at radius 3 is 2.56 bits per heavy atom. The number of amidine groups is 1. The smallest absolute Gasteiger partial charge is 0.216 e. The van der Waals surface area contributed by atoms with Crippen LogP contribution < -0.4 is 5.73 Å². The summed E-state index contributed by atoms with van der Waals surface area (Å²) in [4.78, 5) is 0. The van der Waals surface area contributed by atoms with Crippen molar-refractivity contribution >= 4 is 15.9 Å². The van der Waals surface area contributed by atoms with Crippen LogP contribution in [0.5, 0.6) is 0 Å². The lowest BCUT2D eigenvalue weighted by Crippen LogP contribution is -2.40. The maximum atomic E-state index is 12.1. The fourth-order valence-corrected chi connectivity index (χ4v) is 3.28. The number of nitrogens with zero attached hydrogens (tertiary/aromatic N) is 1. The van der Waals surface area contributed by atoms with E-state index in [-0.39, 0.29) is 24.1 Å². The topological polar surface area (TPSA) is 96.5 Å². The predicted octanol–water partition coefficient (Wildman–Crippen LogP) is -0.247. The zero-order chi connectivity index (χ0) is 12.2. The Kier molecular flexibility index (Phi) is 4.69. The van der Waals surface area contributed by atoms with Crippen LogP contribution in [0.15, 0.2) is 0 Å². The fourth-order valence-electron chi connectivity index (χ4n) is 1.63.